The number of aromatic hydroxyl groups is 1. The molecule has 1 unspecified atom stereocenters. The molecule has 1 aromatic heterocycles. The minimum Gasteiger partial charge on any atom is -0.508 e. The van der Waals surface area contributed by atoms with Gasteiger partial charge in [-0.3, -0.25) is 4.90 Å². The van der Waals surface area contributed by atoms with Crippen molar-refractivity contribution in [2.75, 3.05) is 13.1 Å². The van der Waals surface area contributed by atoms with Gasteiger partial charge in [0.15, 0.2) is 6.23 Å². The topological polar surface area (TPSA) is 45.6 Å². The smallest absolute Gasteiger partial charge is 0.224 e. The number of phenolic OH excluding ortho intramolecular Hbond substituents is 1. The molecule has 1 aliphatic heterocycles. The molecule has 3 aromatic carbocycles. The van der Waals surface area contributed by atoms with Crippen LogP contribution in [0.2, 0.25) is 0 Å². The maximum absolute atomic E-state index is 9.89. The van der Waals surface area contributed by atoms with Gasteiger partial charge in [-0.25, -0.2) is 4.98 Å². The third kappa shape index (κ3) is 4.62. The summed E-state index contributed by atoms with van der Waals surface area (Å²) in [5, 5.41) is 9.89. The van der Waals surface area contributed by atoms with Crippen LogP contribution in [0.15, 0.2) is 91.0 Å². The summed E-state index contributed by atoms with van der Waals surface area (Å²) >= 11 is 0. The molecule has 1 fully saturated rings. The van der Waals surface area contributed by atoms with Gasteiger partial charge in [-0.15, -0.1) is 0 Å². The van der Waals surface area contributed by atoms with E-state index in [0.717, 1.165) is 46.6 Å². The minimum atomic E-state index is -0.0782. The Hall–Kier alpha value is -3.63. The van der Waals surface area contributed by atoms with E-state index in [9.17, 15) is 5.11 Å². The number of benzene rings is 3. The van der Waals surface area contributed by atoms with Crippen LogP contribution in [0.4, 0.5) is 0 Å². The molecule has 33 heavy (non-hydrogen) atoms. The largest absolute Gasteiger partial charge is 0.508 e. The lowest BCUT2D eigenvalue weighted by molar-refractivity contribution is 0.0558. The van der Waals surface area contributed by atoms with Crippen LogP contribution < -0.4 is 4.74 Å². The average molecular weight is 437 g/mol. The second-order valence-electron chi connectivity index (χ2n) is 8.47. The van der Waals surface area contributed by atoms with E-state index in [1.165, 1.54) is 12.8 Å². The normalized spacial score (nSPS) is 14.8. The van der Waals surface area contributed by atoms with Crippen molar-refractivity contribution in [1.82, 2.24) is 9.88 Å². The Balaban J connectivity index is 1.72. The van der Waals surface area contributed by atoms with Gasteiger partial charge < -0.3 is 9.84 Å². The van der Waals surface area contributed by atoms with E-state index in [1.54, 1.807) is 12.1 Å². The molecule has 166 valence electrons. The standard InChI is InChI=1S/C29H28N2O2/c1-21(31-18-8-9-19-31)33-29-28(24-14-16-25(32)17-15-24)26(22-10-4-2-5-11-22)20-27(30-29)23-12-6-3-7-13-23/h2-7,10-17,20-21,32H,8-9,18-19H2,1H3. The summed E-state index contributed by atoms with van der Waals surface area (Å²) in [6.45, 7) is 4.18. The predicted molar refractivity (Wildman–Crippen MR) is 133 cm³/mol. The van der Waals surface area contributed by atoms with Crippen molar-refractivity contribution >= 4 is 0 Å². The number of pyridine rings is 1. The molecule has 5 rings (SSSR count). The van der Waals surface area contributed by atoms with Crippen molar-refractivity contribution in [3.63, 3.8) is 0 Å². The molecule has 1 N–H and O–H groups in total. The van der Waals surface area contributed by atoms with Crippen molar-refractivity contribution in [3.05, 3.63) is 91.0 Å². The molecule has 0 spiro atoms. The average Bonchev–Trinajstić information content (AvgIpc) is 3.41. The van der Waals surface area contributed by atoms with Crippen LogP contribution in [0, 0.1) is 0 Å². The van der Waals surface area contributed by atoms with E-state index in [-0.39, 0.29) is 12.0 Å². The van der Waals surface area contributed by atoms with Crippen LogP contribution in [0.5, 0.6) is 11.6 Å². The van der Waals surface area contributed by atoms with Crippen LogP contribution in [0.1, 0.15) is 19.8 Å². The van der Waals surface area contributed by atoms with Gasteiger partial charge in [0.05, 0.1) is 11.3 Å². The Bertz CT molecular complexity index is 1200. The van der Waals surface area contributed by atoms with Gasteiger partial charge in [-0.2, -0.15) is 0 Å². The number of rotatable bonds is 6. The molecular formula is C29H28N2O2. The summed E-state index contributed by atoms with van der Waals surface area (Å²) in [5.74, 6) is 0.849. The summed E-state index contributed by atoms with van der Waals surface area (Å²) in [6, 6.07) is 30.0. The van der Waals surface area contributed by atoms with Crippen molar-refractivity contribution in [2.45, 2.75) is 26.0 Å². The molecule has 0 aliphatic carbocycles. The zero-order valence-corrected chi connectivity index (χ0v) is 18.8. The van der Waals surface area contributed by atoms with Gasteiger partial charge in [0.25, 0.3) is 0 Å². The highest BCUT2D eigenvalue weighted by molar-refractivity contribution is 5.89. The first-order chi connectivity index (χ1) is 16.2. The Labute approximate surface area is 195 Å². The van der Waals surface area contributed by atoms with E-state index in [1.807, 2.05) is 48.5 Å². The van der Waals surface area contributed by atoms with Gasteiger partial charge >= 0.3 is 0 Å². The Morgan fingerprint density at radius 2 is 1.39 bits per heavy atom. The zero-order chi connectivity index (χ0) is 22.6. The third-order valence-electron chi connectivity index (χ3n) is 6.23. The summed E-state index contributed by atoms with van der Waals surface area (Å²) in [5.41, 5.74) is 5.97. The molecule has 0 bridgehead atoms. The lowest BCUT2D eigenvalue weighted by Crippen LogP contribution is -2.35. The Kier molecular flexibility index (Phi) is 6.09. The number of nitrogens with zero attached hydrogens (tertiary/aromatic N) is 2. The van der Waals surface area contributed by atoms with Crippen LogP contribution in [-0.2, 0) is 0 Å². The van der Waals surface area contributed by atoms with Crippen LogP contribution in [0.3, 0.4) is 0 Å². The first kappa shape index (κ1) is 21.2. The molecule has 1 saturated heterocycles. The SMILES string of the molecule is CC(Oc1nc(-c2ccccc2)cc(-c2ccccc2)c1-c1ccc(O)cc1)N1CCCC1. The van der Waals surface area contributed by atoms with E-state index < -0.39 is 0 Å². The maximum atomic E-state index is 9.89. The highest BCUT2D eigenvalue weighted by Crippen LogP contribution is 2.41. The van der Waals surface area contributed by atoms with Crippen LogP contribution >= 0.6 is 0 Å². The number of likely N-dealkylation sites (tertiary alicyclic amines) is 1. The fraction of sp³-hybridized carbons (Fsp3) is 0.207. The molecular weight excluding hydrogens is 408 g/mol. The number of hydrogen-bond donors (Lipinski definition) is 1. The molecule has 4 aromatic rings. The van der Waals surface area contributed by atoms with Crippen LogP contribution in [0.25, 0.3) is 33.5 Å². The van der Waals surface area contributed by atoms with Crippen molar-refractivity contribution in [3.8, 4) is 45.1 Å². The van der Waals surface area contributed by atoms with E-state index in [0.29, 0.717) is 5.88 Å². The van der Waals surface area contributed by atoms with Crippen molar-refractivity contribution in [2.24, 2.45) is 0 Å². The Morgan fingerprint density at radius 1 is 0.788 bits per heavy atom. The first-order valence-electron chi connectivity index (χ1n) is 11.5. The maximum Gasteiger partial charge on any atom is 0.224 e. The molecule has 4 heteroatoms. The Morgan fingerprint density at radius 3 is 2.03 bits per heavy atom. The number of phenols is 1. The quantitative estimate of drug-likeness (QED) is 0.369. The van der Waals surface area contributed by atoms with E-state index >= 15 is 0 Å². The molecule has 0 amide bonds. The number of aromatic nitrogens is 1. The van der Waals surface area contributed by atoms with Gasteiger partial charge in [-0.05, 0) is 54.7 Å². The second kappa shape index (κ2) is 9.47. The van der Waals surface area contributed by atoms with Gasteiger partial charge in [0.1, 0.15) is 5.75 Å². The summed E-state index contributed by atoms with van der Waals surface area (Å²) in [7, 11) is 0. The molecule has 0 radical (unpaired) electrons. The molecule has 1 atom stereocenters. The monoisotopic (exact) mass is 436 g/mol. The summed E-state index contributed by atoms with van der Waals surface area (Å²) in [6.07, 6.45) is 2.32. The molecule has 0 saturated carbocycles. The number of ether oxygens (including phenoxy) is 1. The third-order valence-corrected chi connectivity index (χ3v) is 6.23. The molecule has 4 nitrogen and oxygen atoms in total. The van der Waals surface area contributed by atoms with E-state index in [4.69, 9.17) is 9.72 Å². The van der Waals surface area contributed by atoms with Gasteiger partial charge in [0.2, 0.25) is 5.88 Å². The van der Waals surface area contributed by atoms with Gasteiger partial charge in [0, 0.05) is 18.7 Å². The highest BCUT2D eigenvalue weighted by atomic mass is 16.5. The predicted octanol–water partition coefficient (Wildman–Crippen LogP) is 6.61. The lowest BCUT2D eigenvalue weighted by atomic mass is 9.94. The summed E-state index contributed by atoms with van der Waals surface area (Å²) < 4.78 is 6.59. The van der Waals surface area contributed by atoms with E-state index in [2.05, 4.69) is 42.2 Å². The lowest BCUT2D eigenvalue weighted by Gasteiger charge is -2.26. The fourth-order valence-electron chi connectivity index (χ4n) is 4.46. The van der Waals surface area contributed by atoms with Gasteiger partial charge in [-0.1, -0.05) is 72.8 Å². The second-order valence-corrected chi connectivity index (χ2v) is 8.47. The zero-order valence-electron chi connectivity index (χ0n) is 18.8. The molecule has 2 heterocycles. The fourth-order valence-corrected chi connectivity index (χ4v) is 4.46. The number of hydrogen-bond acceptors (Lipinski definition) is 4. The van der Waals surface area contributed by atoms with Crippen molar-refractivity contribution < 1.29 is 9.84 Å². The van der Waals surface area contributed by atoms with Crippen molar-refractivity contribution in [1.29, 1.82) is 0 Å². The summed E-state index contributed by atoms with van der Waals surface area (Å²) in [4.78, 5) is 7.39. The highest BCUT2D eigenvalue weighted by Gasteiger charge is 2.24. The molecule has 1 aliphatic rings. The minimum absolute atomic E-state index is 0.0782. The first-order valence-corrected chi connectivity index (χ1v) is 11.5. The van der Waals surface area contributed by atoms with Crippen LogP contribution in [-0.4, -0.2) is 34.3 Å².